The molecular weight excluding hydrogens is 236 g/mol. The number of nitrogens with zero attached hydrogens (tertiary/aromatic N) is 3. The van der Waals surface area contributed by atoms with Gasteiger partial charge in [0.25, 0.3) is 0 Å². The van der Waals surface area contributed by atoms with Crippen molar-refractivity contribution < 1.29 is 0 Å². The van der Waals surface area contributed by atoms with Crippen LogP contribution in [0.5, 0.6) is 0 Å². The molecular formula is C12H19ClN4. The van der Waals surface area contributed by atoms with Crippen LogP contribution in [0.25, 0.3) is 0 Å². The molecule has 2 N–H and O–H groups in total. The van der Waals surface area contributed by atoms with E-state index in [2.05, 4.69) is 28.8 Å². The molecule has 17 heavy (non-hydrogen) atoms. The number of rotatable bonds is 2. The second kappa shape index (κ2) is 5.08. The average molecular weight is 255 g/mol. The summed E-state index contributed by atoms with van der Waals surface area (Å²) in [7, 11) is 2.05. The number of hydrogen-bond acceptors (Lipinski definition) is 4. The number of hydrogen-bond donors (Lipinski definition) is 1. The van der Waals surface area contributed by atoms with Crippen molar-refractivity contribution in [1.29, 1.82) is 0 Å². The monoisotopic (exact) mass is 254 g/mol. The molecule has 5 heteroatoms. The van der Waals surface area contributed by atoms with Crippen LogP contribution in [0.4, 0.5) is 11.8 Å². The summed E-state index contributed by atoms with van der Waals surface area (Å²) < 4.78 is 0. The van der Waals surface area contributed by atoms with Crippen LogP contribution in [0.1, 0.15) is 32.6 Å². The van der Waals surface area contributed by atoms with Crippen LogP contribution in [-0.2, 0) is 0 Å². The van der Waals surface area contributed by atoms with Gasteiger partial charge in [-0.25, -0.2) is 4.98 Å². The molecule has 1 saturated carbocycles. The zero-order valence-corrected chi connectivity index (χ0v) is 11.1. The molecule has 2 rings (SSSR count). The molecule has 1 aromatic rings. The summed E-state index contributed by atoms with van der Waals surface area (Å²) >= 11 is 5.90. The highest BCUT2D eigenvalue weighted by atomic mass is 35.5. The van der Waals surface area contributed by atoms with Gasteiger partial charge < -0.3 is 10.6 Å². The van der Waals surface area contributed by atoms with Crippen LogP contribution in [0, 0.1) is 5.92 Å². The summed E-state index contributed by atoms with van der Waals surface area (Å²) in [5.74, 6) is 1.91. The lowest BCUT2D eigenvalue weighted by atomic mass is 9.87. The smallest absolute Gasteiger partial charge is 0.223 e. The maximum absolute atomic E-state index is 5.90. The third kappa shape index (κ3) is 3.00. The molecule has 1 fully saturated rings. The fourth-order valence-corrected chi connectivity index (χ4v) is 2.60. The van der Waals surface area contributed by atoms with Crippen molar-refractivity contribution in [3.63, 3.8) is 0 Å². The molecule has 0 unspecified atom stereocenters. The fourth-order valence-electron chi connectivity index (χ4n) is 2.42. The minimum Gasteiger partial charge on any atom is -0.368 e. The standard InChI is InChI=1S/C12H19ClN4/c1-8-3-5-9(6-4-8)17(2)11-7-10(13)15-12(14)16-11/h7-9H,3-6H2,1-2H3,(H2,14,15,16). The quantitative estimate of drug-likeness (QED) is 0.825. The van der Waals surface area contributed by atoms with Gasteiger partial charge in [-0.3, -0.25) is 0 Å². The largest absolute Gasteiger partial charge is 0.368 e. The van der Waals surface area contributed by atoms with E-state index in [9.17, 15) is 0 Å². The highest BCUT2D eigenvalue weighted by Gasteiger charge is 2.22. The number of halogens is 1. The highest BCUT2D eigenvalue weighted by Crippen LogP contribution is 2.29. The zero-order chi connectivity index (χ0) is 12.4. The normalized spacial score (nSPS) is 24.6. The van der Waals surface area contributed by atoms with E-state index in [1.165, 1.54) is 25.7 Å². The lowest BCUT2D eigenvalue weighted by molar-refractivity contribution is 0.340. The third-order valence-corrected chi connectivity index (χ3v) is 3.79. The summed E-state index contributed by atoms with van der Waals surface area (Å²) in [6.07, 6.45) is 4.98. The molecule has 0 spiro atoms. The minimum absolute atomic E-state index is 0.239. The Morgan fingerprint density at radius 3 is 2.53 bits per heavy atom. The topological polar surface area (TPSA) is 55.0 Å². The van der Waals surface area contributed by atoms with Crippen LogP contribution in [0.2, 0.25) is 5.15 Å². The maximum Gasteiger partial charge on any atom is 0.223 e. The summed E-state index contributed by atoms with van der Waals surface area (Å²) in [5.41, 5.74) is 5.62. The van der Waals surface area contributed by atoms with Gasteiger partial charge in [0, 0.05) is 19.2 Å². The van der Waals surface area contributed by atoms with E-state index in [4.69, 9.17) is 17.3 Å². The van der Waals surface area contributed by atoms with E-state index in [0.717, 1.165) is 11.7 Å². The molecule has 0 radical (unpaired) electrons. The van der Waals surface area contributed by atoms with Crippen molar-refractivity contribution in [3.8, 4) is 0 Å². The Balaban J connectivity index is 2.10. The summed E-state index contributed by atoms with van der Waals surface area (Å²) in [6.45, 7) is 2.32. The molecule has 1 aliphatic carbocycles. The highest BCUT2D eigenvalue weighted by molar-refractivity contribution is 6.29. The van der Waals surface area contributed by atoms with Crippen LogP contribution >= 0.6 is 11.6 Å². The first-order valence-electron chi connectivity index (χ1n) is 6.09. The molecule has 0 aromatic carbocycles. The van der Waals surface area contributed by atoms with Crippen molar-refractivity contribution in [2.24, 2.45) is 5.92 Å². The first-order chi connectivity index (χ1) is 8.06. The van der Waals surface area contributed by atoms with E-state index >= 15 is 0 Å². The minimum atomic E-state index is 0.239. The number of nitrogens with two attached hydrogens (primary N) is 1. The molecule has 4 nitrogen and oxygen atoms in total. The first-order valence-corrected chi connectivity index (χ1v) is 6.47. The Hall–Kier alpha value is -1.03. The average Bonchev–Trinajstić information content (AvgIpc) is 2.28. The Morgan fingerprint density at radius 2 is 1.94 bits per heavy atom. The van der Waals surface area contributed by atoms with Crippen LogP contribution in [-0.4, -0.2) is 23.1 Å². The molecule has 0 atom stereocenters. The van der Waals surface area contributed by atoms with Crippen molar-refractivity contribution in [2.75, 3.05) is 17.7 Å². The van der Waals surface area contributed by atoms with Crippen molar-refractivity contribution in [3.05, 3.63) is 11.2 Å². The summed E-state index contributed by atoms with van der Waals surface area (Å²) in [4.78, 5) is 10.3. The number of nitrogen functional groups attached to an aromatic ring is 1. The van der Waals surface area contributed by atoms with Crippen LogP contribution < -0.4 is 10.6 Å². The van der Waals surface area contributed by atoms with Gasteiger partial charge in [-0.1, -0.05) is 18.5 Å². The molecule has 1 heterocycles. The third-order valence-electron chi connectivity index (χ3n) is 3.59. The molecule has 0 saturated heterocycles. The van der Waals surface area contributed by atoms with Gasteiger partial charge in [0.1, 0.15) is 11.0 Å². The van der Waals surface area contributed by atoms with E-state index in [1.54, 1.807) is 6.07 Å². The lowest BCUT2D eigenvalue weighted by Gasteiger charge is -2.34. The van der Waals surface area contributed by atoms with Crippen molar-refractivity contribution in [1.82, 2.24) is 9.97 Å². The van der Waals surface area contributed by atoms with Crippen LogP contribution in [0.15, 0.2) is 6.07 Å². The van der Waals surface area contributed by atoms with E-state index < -0.39 is 0 Å². The van der Waals surface area contributed by atoms with Gasteiger partial charge in [0.05, 0.1) is 0 Å². The molecule has 1 aliphatic rings. The maximum atomic E-state index is 5.90. The second-order valence-electron chi connectivity index (χ2n) is 4.93. The van der Waals surface area contributed by atoms with Gasteiger partial charge >= 0.3 is 0 Å². The van der Waals surface area contributed by atoms with Crippen molar-refractivity contribution in [2.45, 2.75) is 38.6 Å². The number of anilines is 2. The van der Waals surface area contributed by atoms with E-state index in [1.807, 2.05) is 0 Å². The van der Waals surface area contributed by atoms with Crippen LogP contribution in [0.3, 0.4) is 0 Å². The Bertz CT molecular complexity index is 368. The second-order valence-corrected chi connectivity index (χ2v) is 5.32. The molecule has 1 aromatic heterocycles. The summed E-state index contributed by atoms with van der Waals surface area (Å²) in [6, 6.07) is 2.31. The molecule has 0 bridgehead atoms. The van der Waals surface area contributed by atoms with Gasteiger partial charge in [0.2, 0.25) is 5.95 Å². The molecule has 0 amide bonds. The first kappa shape index (κ1) is 12.4. The molecule has 94 valence electrons. The Morgan fingerprint density at radius 1 is 1.29 bits per heavy atom. The Labute approximate surface area is 107 Å². The zero-order valence-electron chi connectivity index (χ0n) is 10.4. The number of aromatic nitrogens is 2. The van der Waals surface area contributed by atoms with Gasteiger partial charge in [-0.2, -0.15) is 4.98 Å². The van der Waals surface area contributed by atoms with E-state index in [0.29, 0.717) is 11.2 Å². The Kier molecular flexibility index (Phi) is 3.72. The lowest BCUT2D eigenvalue weighted by Crippen LogP contribution is -2.35. The van der Waals surface area contributed by atoms with E-state index in [-0.39, 0.29) is 5.95 Å². The predicted octanol–water partition coefficient (Wildman–Crippen LogP) is 2.73. The van der Waals surface area contributed by atoms with Gasteiger partial charge in [-0.05, 0) is 31.6 Å². The van der Waals surface area contributed by atoms with Gasteiger partial charge in [-0.15, -0.1) is 0 Å². The predicted molar refractivity (Wildman–Crippen MR) is 71.3 cm³/mol. The fraction of sp³-hybridized carbons (Fsp3) is 0.667. The van der Waals surface area contributed by atoms with Gasteiger partial charge in [0.15, 0.2) is 0 Å². The molecule has 0 aliphatic heterocycles. The van der Waals surface area contributed by atoms with Crippen molar-refractivity contribution >= 4 is 23.4 Å². The summed E-state index contributed by atoms with van der Waals surface area (Å²) in [5, 5.41) is 0.406. The SMILES string of the molecule is CC1CCC(N(C)c2cc(Cl)nc(N)n2)CC1.